The number of methoxy groups -OCH3 is 1. The number of rotatable bonds is 2. The average molecular weight is 477 g/mol. The van der Waals surface area contributed by atoms with E-state index in [0.29, 0.717) is 18.1 Å². The summed E-state index contributed by atoms with van der Waals surface area (Å²) in [5.41, 5.74) is 3.90. The Bertz CT molecular complexity index is 1240. The van der Waals surface area contributed by atoms with E-state index in [-0.39, 0.29) is 5.97 Å². The zero-order valence-electron chi connectivity index (χ0n) is 14.8. The van der Waals surface area contributed by atoms with E-state index in [1.165, 1.54) is 7.11 Å². The quantitative estimate of drug-likeness (QED) is 0.390. The molecule has 0 amide bonds. The highest BCUT2D eigenvalue weighted by molar-refractivity contribution is 9.10. The van der Waals surface area contributed by atoms with E-state index in [2.05, 4.69) is 31.9 Å². The van der Waals surface area contributed by atoms with Crippen molar-refractivity contribution < 1.29 is 9.53 Å². The van der Waals surface area contributed by atoms with Gasteiger partial charge in [0, 0.05) is 32.6 Å². The minimum atomic E-state index is -0.403. The average Bonchev–Trinajstić information content (AvgIpc) is 3.27. The summed E-state index contributed by atoms with van der Waals surface area (Å²) in [6.07, 6.45) is 0. The van der Waals surface area contributed by atoms with Crippen LogP contribution in [0.25, 0.3) is 21.1 Å². The number of hydrogen-bond acceptors (Lipinski definition) is 5. The predicted octanol–water partition coefficient (Wildman–Crippen LogP) is 5.47. The third-order valence-corrected chi connectivity index (χ3v) is 6.89. The molecule has 142 valence electrons. The first-order valence-electron chi connectivity index (χ1n) is 8.72. The molecular formula is C20H15BrClN3O2S. The second kappa shape index (κ2) is 6.76. The smallest absolute Gasteiger partial charge is 0.315 e. The molecule has 0 bridgehead atoms. The van der Waals surface area contributed by atoms with E-state index in [1.807, 2.05) is 30.3 Å². The first kappa shape index (κ1) is 18.0. The summed E-state index contributed by atoms with van der Waals surface area (Å²) in [5.74, 6) is -0.657. The number of aromatic amines is 1. The number of anilines is 1. The van der Waals surface area contributed by atoms with E-state index in [9.17, 15) is 4.79 Å². The Morgan fingerprint density at radius 1 is 1.36 bits per heavy atom. The summed E-state index contributed by atoms with van der Waals surface area (Å²) >= 11 is 11.3. The fourth-order valence-corrected chi connectivity index (χ4v) is 5.53. The number of nitrogens with zero attached hydrogens (tertiary/aromatic N) is 2. The van der Waals surface area contributed by atoms with Gasteiger partial charge in [-0.1, -0.05) is 38.9 Å². The standard InChI is InChI=1S/C20H15BrClN3O2S/c1-27-19(26)13-8-25(20-24-15-4-2-10(21)6-17(15)28-20)9-16-18(13)12-7-11(22)3-5-14(12)23-16/h2-7,13,23H,8-9H2,1H3. The van der Waals surface area contributed by atoms with Crippen molar-refractivity contribution in [2.75, 3.05) is 18.6 Å². The summed E-state index contributed by atoms with van der Waals surface area (Å²) in [7, 11) is 1.43. The van der Waals surface area contributed by atoms with Gasteiger partial charge in [0.1, 0.15) is 5.92 Å². The van der Waals surface area contributed by atoms with Crippen LogP contribution in [0.4, 0.5) is 5.13 Å². The SMILES string of the molecule is COC(=O)C1CN(c2nc3ccc(Br)cc3s2)Cc2[nH]c3ccc(Cl)cc3c21. The van der Waals surface area contributed by atoms with E-state index in [0.717, 1.165) is 42.0 Å². The zero-order valence-corrected chi connectivity index (χ0v) is 18.0. The molecule has 0 radical (unpaired) electrons. The first-order valence-corrected chi connectivity index (χ1v) is 10.7. The summed E-state index contributed by atoms with van der Waals surface area (Å²) in [6, 6.07) is 11.8. The number of H-pyrrole nitrogens is 1. The molecule has 2 aromatic carbocycles. The number of aromatic nitrogens is 2. The molecule has 0 saturated heterocycles. The molecule has 1 unspecified atom stereocenters. The summed E-state index contributed by atoms with van der Waals surface area (Å²) in [6.45, 7) is 1.16. The Balaban J connectivity index is 1.63. The molecule has 5 rings (SSSR count). The number of carbonyl (C=O) groups excluding carboxylic acids is 1. The Labute approximate surface area is 178 Å². The third kappa shape index (κ3) is 2.89. The monoisotopic (exact) mass is 475 g/mol. The van der Waals surface area contributed by atoms with Crippen LogP contribution in [0.5, 0.6) is 0 Å². The normalized spacial score (nSPS) is 16.5. The molecule has 28 heavy (non-hydrogen) atoms. The van der Waals surface area contributed by atoms with Gasteiger partial charge in [0.2, 0.25) is 0 Å². The van der Waals surface area contributed by atoms with Crippen molar-refractivity contribution in [2.24, 2.45) is 0 Å². The van der Waals surface area contributed by atoms with E-state index >= 15 is 0 Å². The van der Waals surface area contributed by atoms with Crippen molar-refractivity contribution in [2.45, 2.75) is 12.5 Å². The second-order valence-corrected chi connectivity index (χ2v) is 9.13. The minimum Gasteiger partial charge on any atom is -0.468 e. The molecule has 0 spiro atoms. The lowest BCUT2D eigenvalue weighted by molar-refractivity contribution is -0.142. The van der Waals surface area contributed by atoms with Gasteiger partial charge in [-0.3, -0.25) is 4.79 Å². The molecule has 1 N–H and O–H groups in total. The second-order valence-electron chi connectivity index (χ2n) is 6.77. The first-order chi connectivity index (χ1) is 13.5. The highest BCUT2D eigenvalue weighted by Crippen LogP contribution is 2.40. The van der Waals surface area contributed by atoms with Gasteiger partial charge in [0.25, 0.3) is 0 Å². The zero-order chi connectivity index (χ0) is 19.4. The Morgan fingerprint density at radius 3 is 3.04 bits per heavy atom. The van der Waals surface area contributed by atoms with Crippen molar-refractivity contribution in [3.05, 3.63) is 57.2 Å². The van der Waals surface area contributed by atoms with Crippen LogP contribution in [-0.4, -0.2) is 29.6 Å². The van der Waals surface area contributed by atoms with Crippen molar-refractivity contribution in [1.29, 1.82) is 0 Å². The number of hydrogen-bond donors (Lipinski definition) is 1. The molecule has 4 aromatic rings. The van der Waals surface area contributed by atoms with Gasteiger partial charge in [-0.15, -0.1) is 0 Å². The van der Waals surface area contributed by atoms with E-state index in [4.69, 9.17) is 21.3 Å². The third-order valence-electron chi connectivity index (χ3n) is 5.08. The van der Waals surface area contributed by atoms with Crippen LogP contribution in [0.1, 0.15) is 17.2 Å². The van der Waals surface area contributed by atoms with Crippen molar-refractivity contribution >= 4 is 71.1 Å². The lowest BCUT2D eigenvalue weighted by Gasteiger charge is -2.31. The number of halogens is 2. The fourth-order valence-electron chi connectivity index (χ4n) is 3.83. The minimum absolute atomic E-state index is 0.254. The van der Waals surface area contributed by atoms with Gasteiger partial charge >= 0.3 is 5.97 Å². The maximum Gasteiger partial charge on any atom is 0.315 e. The van der Waals surface area contributed by atoms with Crippen LogP contribution >= 0.6 is 38.9 Å². The van der Waals surface area contributed by atoms with Crippen LogP contribution in [0.3, 0.4) is 0 Å². The Hall–Kier alpha value is -2.09. The molecule has 5 nitrogen and oxygen atoms in total. The van der Waals surface area contributed by atoms with Crippen molar-refractivity contribution in [3.63, 3.8) is 0 Å². The van der Waals surface area contributed by atoms with Gasteiger partial charge in [-0.2, -0.15) is 0 Å². The number of fused-ring (bicyclic) bond motifs is 4. The van der Waals surface area contributed by atoms with Gasteiger partial charge < -0.3 is 14.6 Å². The molecule has 0 saturated carbocycles. The van der Waals surface area contributed by atoms with Crippen LogP contribution in [0.15, 0.2) is 40.9 Å². The molecule has 1 atom stereocenters. The van der Waals surface area contributed by atoms with Crippen LogP contribution < -0.4 is 4.90 Å². The number of ether oxygens (including phenoxy) is 1. The Morgan fingerprint density at radius 2 is 2.21 bits per heavy atom. The highest BCUT2D eigenvalue weighted by atomic mass is 79.9. The van der Waals surface area contributed by atoms with Crippen LogP contribution in [0.2, 0.25) is 5.02 Å². The highest BCUT2D eigenvalue weighted by Gasteiger charge is 2.35. The van der Waals surface area contributed by atoms with E-state index < -0.39 is 5.92 Å². The predicted molar refractivity (Wildman–Crippen MR) is 116 cm³/mol. The van der Waals surface area contributed by atoms with Crippen molar-refractivity contribution in [1.82, 2.24) is 9.97 Å². The Kier molecular flexibility index (Phi) is 4.34. The molecular weight excluding hydrogens is 462 g/mol. The topological polar surface area (TPSA) is 58.2 Å². The summed E-state index contributed by atoms with van der Waals surface area (Å²) < 4.78 is 7.25. The van der Waals surface area contributed by atoms with Gasteiger partial charge in [0.05, 0.1) is 23.9 Å². The maximum atomic E-state index is 12.6. The van der Waals surface area contributed by atoms with Gasteiger partial charge in [-0.25, -0.2) is 4.98 Å². The number of carbonyl (C=O) groups is 1. The van der Waals surface area contributed by atoms with Crippen molar-refractivity contribution in [3.8, 4) is 0 Å². The molecule has 0 fully saturated rings. The molecule has 8 heteroatoms. The number of thiazole rings is 1. The molecule has 1 aliphatic heterocycles. The molecule has 0 aliphatic carbocycles. The van der Waals surface area contributed by atoms with Gasteiger partial charge in [0.15, 0.2) is 5.13 Å². The van der Waals surface area contributed by atoms with Crippen LogP contribution in [0, 0.1) is 0 Å². The number of benzene rings is 2. The lowest BCUT2D eigenvalue weighted by Crippen LogP contribution is -2.37. The molecule has 3 heterocycles. The van der Waals surface area contributed by atoms with E-state index in [1.54, 1.807) is 11.3 Å². The maximum absolute atomic E-state index is 12.6. The summed E-state index contributed by atoms with van der Waals surface area (Å²) in [4.78, 5) is 23.0. The lowest BCUT2D eigenvalue weighted by atomic mass is 9.92. The van der Waals surface area contributed by atoms with Crippen LogP contribution in [-0.2, 0) is 16.1 Å². The summed E-state index contributed by atoms with van der Waals surface area (Å²) in [5, 5.41) is 2.52. The largest absolute Gasteiger partial charge is 0.468 e. The number of esters is 1. The fraction of sp³-hybridized carbons (Fsp3) is 0.200. The number of nitrogens with one attached hydrogen (secondary N) is 1. The molecule has 1 aliphatic rings. The van der Waals surface area contributed by atoms with Gasteiger partial charge in [-0.05, 0) is 42.0 Å². The molecule has 2 aromatic heterocycles.